The molecule has 1 aromatic carbocycles. The zero-order valence-corrected chi connectivity index (χ0v) is 13.8. The van der Waals surface area contributed by atoms with Gasteiger partial charge >= 0.3 is 0 Å². The number of hydrogen-bond donors (Lipinski definition) is 1. The molecule has 0 aliphatic carbocycles. The Morgan fingerprint density at radius 1 is 1.26 bits per heavy atom. The summed E-state index contributed by atoms with van der Waals surface area (Å²) in [6.07, 6.45) is 2.57. The van der Waals surface area contributed by atoms with Gasteiger partial charge in [-0.2, -0.15) is 0 Å². The van der Waals surface area contributed by atoms with Gasteiger partial charge in [-0.25, -0.2) is 0 Å². The highest BCUT2D eigenvalue weighted by molar-refractivity contribution is 9.10. The fraction of sp³-hybridized carbons (Fsp3) is 0.625. The molecule has 0 bridgehead atoms. The van der Waals surface area contributed by atoms with E-state index in [1.54, 1.807) is 0 Å². The quantitative estimate of drug-likeness (QED) is 0.884. The summed E-state index contributed by atoms with van der Waals surface area (Å²) in [5, 5.41) is 0. The number of piperidine rings is 1. The largest absolute Gasteiger partial charge is 0.371 e. The minimum absolute atomic E-state index is 0.437. The smallest absolute Gasteiger partial charge is 0.0510 e. The molecule has 106 valence electrons. The van der Waals surface area contributed by atoms with Gasteiger partial charge in [0.25, 0.3) is 0 Å². The second-order valence-corrected chi connectivity index (χ2v) is 7.47. The van der Waals surface area contributed by atoms with Crippen molar-refractivity contribution in [3.8, 4) is 0 Å². The van der Waals surface area contributed by atoms with Crippen molar-refractivity contribution in [2.75, 3.05) is 18.0 Å². The molecule has 0 atom stereocenters. The maximum atomic E-state index is 5.68. The molecular formula is C16H25BrN2. The molecule has 1 aliphatic rings. The van der Waals surface area contributed by atoms with Crippen molar-refractivity contribution in [1.29, 1.82) is 0 Å². The van der Waals surface area contributed by atoms with E-state index in [0.29, 0.717) is 12.0 Å². The first-order valence-corrected chi connectivity index (χ1v) is 7.94. The van der Waals surface area contributed by atoms with Gasteiger partial charge in [-0.3, -0.25) is 0 Å². The molecule has 2 N–H and O–H groups in total. The summed E-state index contributed by atoms with van der Waals surface area (Å²) in [6, 6.07) is 6.48. The lowest BCUT2D eigenvalue weighted by Crippen LogP contribution is -2.38. The molecule has 1 aromatic rings. The van der Waals surface area contributed by atoms with Crippen LogP contribution in [0.4, 0.5) is 5.69 Å². The van der Waals surface area contributed by atoms with E-state index in [0.717, 1.165) is 19.0 Å². The van der Waals surface area contributed by atoms with E-state index in [1.165, 1.54) is 28.6 Å². The Labute approximate surface area is 125 Å². The molecule has 0 unspecified atom stereocenters. The monoisotopic (exact) mass is 324 g/mol. The van der Waals surface area contributed by atoms with E-state index in [9.17, 15) is 0 Å². The molecule has 0 spiro atoms. The highest BCUT2D eigenvalue weighted by atomic mass is 79.9. The van der Waals surface area contributed by atoms with Crippen LogP contribution in [0, 0.1) is 11.3 Å². The van der Waals surface area contributed by atoms with E-state index in [4.69, 9.17) is 5.73 Å². The van der Waals surface area contributed by atoms with Crippen molar-refractivity contribution >= 4 is 21.6 Å². The highest BCUT2D eigenvalue weighted by Crippen LogP contribution is 2.37. The van der Waals surface area contributed by atoms with Crippen LogP contribution in [0.2, 0.25) is 0 Å². The van der Waals surface area contributed by atoms with Crippen LogP contribution in [0.25, 0.3) is 0 Å². The summed E-state index contributed by atoms with van der Waals surface area (Å²) < 4.78 is 1.17. The lowest BCUT2D eigenvalue weighted by molar-refractivity contribution is 0.199. The number of nitrogens with zero attached hydrogens (tertiary/aromatic N) is 1. The van der Waals surface area contributed by atoms with Gasteiger partial charge in [-0.1, -0.05) is 26.8 Å². The number of benzene rings is 1. The minimum atomic E-state index is 0.437. The van der Waals surface area contributed by atoms with E-state index in [-0.39, 0.29) is 0 Å². The lowest BCUT2D eigenvalue weighted by atomic mass is 9.75. The molecule has 0 aromatic heterocycles. The van der Waals surface area contributed by atoms with Crippen molar-refractivity contribution in [1.82, 2.24) is 0 Å². The average Bonchev–Trinajstić information content (AvgIpc) is 2.37. The van der Waals surface area contributed by atoms with Crippen LogP contribution in [0.5, 0.6) is 0 Å². The first kappa shape index (κ1) is 14.9. The van der Waals surface area contributed by atoms with Gasteiger partial charge < -0.3 is 10.6 Å². The van der Waals surface area contributed by atoms with Gasteiger partial charge in [0, 0.05) is 24.1 Å². The topological polar surface area (TPSA) is 29.3 Å². The van der Waals surface area contributed by atoms with Crippen molar-refractivity contribution in [2.24, 2.45) is 17.1 Å². The first-order valence-electron chi connectivity index (χ1n) is 7.15. The number of halogens is 1. The third-order valence-electron chi connectivity index (χ3n) is 4.31. The van der Waals surface area contributed by atoms with E-state index >= 15 is 0 Å². The Morgan fingerprint density at radius 2 is 1.89 bits per heavy atom. The molecule has 0 radical (unpaired) electrons. The van der Waals surface area contributed by atoms with Crippen LogP contribution in [-0.4, -0.2) is 13.1 Å². The minimum Gasteiger partial charge on any atom is -0.371 e. The molecule has 2 rings (SSSR count). The van der Waals surface area contributed by atoms with Crippen LogP contribution in [0.15, 0.2) is 22.7 Å². The van der Waals surface area contributed by atoms with Crippen molar-refractivity contribution in [3.63, 3.8) is 0 Å². The number of rotatable bonds is 2. The third-order valence-corrected chi connectivity index (χ3v) is 4.94. The molecule has 0 amide bonds. The van der Waals surface area contributed by atoms with E-state index in [1.807, 2.05) is 0 Å². The summed E-state index contributed by atoms with van der Waals surface area (Å²) in [5.74, 6) is 0.839. The zero-order valence-electron chi connectivity index (χ0n) is 12.2. The number of nitrogens with two attached hydrogens (primary N) is 1. The fourth-order valence-electron chi connectivity index (χ4n) is 2.92. The van der Waals surface area contributed by atoms with Gasteiger partial charge in [0.05, 0.1) is 5.69 Å². The SMILES string of the molecule is CC(C)(C)C1CCN(c2ccc(CN)cc2Br)CC1. The Morgan fingerprint density at radius 3 is 2.37 bits per heavy atom. The molecule has 2 nitrogen and oxygen atoms in total. The number of hydrogen-bond acceptors (Lipinski definition) is 2. The molecule has 1 heterocycles. The van der Waals surface area contributed by atoms with Crippen LogP contribution in [0.1, 0.15) is 39.2 Å². The number of anilines is 1. The first-order chi connectivity index (χ1) is 8.91. The normalized spacial score (nSPS) is 17.8. The Kier molecular flexibility index (Phi) is 4.57. The van der Waals surface area contributed by atoms with Gasteiger partial charge in [-0.05, 0) is 57.8 Å². The van der Waals surface area contributed by atoms with Crippen LogP contribution >= 0.6 is 15.9 Å². The standard InChI is InChI=1S/C16H25BrN2/c1-16(2,3)13-6-8-19(9-7-13)15-5-4-12(11-18)10-14(15)17/h4-5,10,13H,6-9,11,18H2,1-3H3. The van der Waals surface area contributed by atoms with Gasteiger partial charge in [0.1, 0.15) is 0 Å². The van der Waals surface area contributed by atoms with Gasteiger partial charge in [0.15, 0.2) is 0 Å². The summed E-state index contributed by atoms with van der Waals surface area (Å²) in [7, 11) is 0. The third kappa shape index (κ3) is 3.51. The molecule has 19 heavy (non-hydrogen) atoms. The Hall–Kier alpha value is -0.540. The molecule has 0 saturated carbocycles. The second-order valence-electron chi connectivity index (χ2n) is 6.62. The van der Waals surface area contributed by atoms with Crippen LogP contribution in [-0.2, 0) is 6.54 Å². The molecule has 1 saturated heterocycles. The highest BCUT2D eigenvalue weighted by Gasteiger charge is 2.29. The second kappa shape index (κ2) is 5.84. The Bertz CT molecular complexity index is 429. The predicted molar refractivity (Wildman–Crippen MR) is 86.4 cm³/mol. The molecule has 3 heteroatoms. The van der Waals surface area contributed by atoms with Gasteiger partial charge in [-0.15, -0.1) is 0 Å². The van der Waals surface area contributed by atoms with E-state index in [2.05, 4.69) is 59.8 Å². The maximum Gasteiger partial charge on any atom is 0.0510 e. The average molecular weight is 325 g/mol. The van der Waals surface area contributed by atoms with E-state index < -0.39 is 0 Å². The lowest BCUT2D eigenvalue weighted by Gasteiger charge is -2.40. The summed E-state index contributed by atoms with van der Waals surface area (Å²) in [5.41, 5.74) is 8.61. The summed E-state index contributed by atoms with van der Waals surface area (Å²) >= 11 is 3.68. The van der Waals surface area contributed by atoms with Crippen LogP contribution < -0.4 is 10.6 Å². The van der Waals surface area contributed by atoms with Gasteiger partial charge in [0.2, 0.25) is 0 Å². The van der Waals surface area contributed by atoms with Crippen molar-refractivity contribution < 1.29 is 0 Å². The zero-order chi connectivity index (χ0) is 14.0. The predicted octanol–water partition coefficient (Wildman–Crippen LogP) is 4.17. The van der Waals surface area contributed by atoms with Crippen LogP contribution in [0.3, 0.4) is 0 Å². The summed E-state index contributed by atoms with van der Waals surface area (Å²) in [4.78, 5) is 2.49. The molecule has 1 fully saturated rings. The van der Waals surface area contributed by atoms with Crippen molar-refractivity contribution in [3.05, 3.63) is 28.2 Å². The molecular weight excluding hydrogens is 300 g/mol. The fourth-order valence-corrected chi connectivity index (χ4v) is 3.60. The maximum absolute atomic E-state index is 5.68. The molecule has 1 aliphatic heterocycles. The Balaban J connectivity index is 2.06. The summed E-state index contributed by atoms with van der Waals surface area (Å²) in [6.45, 7) is 9.99. The van der Waals surface area contributed by atoms with Crippen molar-refractivity contribution in [2.45, 2.75) is 40.2 Å².